The number of aliphatic carboxylic acids is 1. The van der Waals surface area contributed by atoms with Crippen molar-refractivity contribution in [2.75, 3.05) is 13.2 Å². The SMILES string of the molecule is C[C@@H]1N[C@H](CC[C@H](O)CCCCCC[C@@H](O)CC(=O)O)[C@@H](N2CC=NC2)C[C@H]1O. The van der Waals surface area contributed by atoms with E-state index in [1.165, 1.54) is 0 Å². The van der Waals surface area contributed by atoms with Gasteiger partial charge >= 0.3 is 5.97 Å². The summed E-state index contributed by atoms with van der Waals surface area (Å²) in [5.74, 6) is -0.962. The zero-order valence-corrected chi connectivity index (χ0v) is 17.6. The molecule has 0 aliphatic carbocycles. The number of nitrogens with one attached hydrogen (secondary N) is 1. The number of hydrogen-bond acceptors (Lipinski definition) is 7. The second-order valence-electron chi connectivity index (χ2n) is 8.68. The number of nitrogens with zero attached hydrogens (tertiary/aromatic N) is 2. The Balaban J connectivity index is 1.60. The van der Waals surface area contributed by atoms with E-state index < -0.39 is 12.1 Å². The number of piperidine rings is 1. The van der Waals surface area contributed by atoms with Crippen LogP contribution in [0.3, 0.4) is 0 Å². The molecule has 0 radical (unpaired) electrons. The minimum atomic E-state index is -0.962. The fourth-order valence-electron chi connectivity index (χ4n) is 4.41. The van der Waals surface area contributed by atoms with Crippen LogP contribution in [-0.4, -0.2) is 87.2 Å². The number of carboxylic acids is 1. The number of aliphatic hydroxyl groups is 3. The molecule has 8 heteroatoms. The van der Waals surface area contributed by atoms with Gasteiger partial charge in [-0.1, -0.05) is 25.7 Å². The maximum Gasteiger partial charge on any atom is 0.305 e. The van der Waals surface area contributed by atoms with Crippen LogP contribution in [0.25, 0.3) is 0 Å². The lowest BCUT2D eigenvalue weighted by Gasteiger charge is -2.43. The second-order valence-corrected chi connectivity index (χ2v) is 8.68. The molecule has 2 aliphatic heterocycles. The van der Waals surface area contributed by atoms with Crippen LogP contribution >= 0.6 is 0 Å². The highest BCUT2D eigenvalue weighted by Crippen LogP contribution is 2.24. The van der Waals surface area contributed by atoms with Gasteiger partial charge in [0.15, 0.2) is 0 Å². The summed E-state index contributed by atoms with van der Waals surface area (Å²) in [6.07, 6.45) is 7.63. The zero-order chi connectivity index (χ0) is 21.2. The van der Waals surface area contributed by atoms with E-state index in [1.807, 2.05) is 13.1 Å². The molecule has 29 heavy (non-hydrogen) atoms. The summed E-state index contributed by atoms with van der Waals surface area (Å²) in [7, 11) is 0. The van der Waals surface area contributed by atoms with Gasteiger partial charge in [0.25, 0.3) is 0 Å². The van der Waals surface area contributed by atoms with E-state index in [9.17, 15) is 20.1 Å². The molecule has 1 fully saturated rings. The number of carboxylic acid groups (broad SMARTS) is 1. The van der Waals surface area contributed by atoms with Crippen molar-refractivity contribution >= 4 is 12.2 Å². The first-order valence-corrected chi connectivity index (χ1v) is 11.1. The number of unbranched alkanes of at least 4 members (excludes halogenated alkanes) is 3. The van der Waals surface area contributed by atoms with Crippen molar-refractivity contribution in [3.8, 4) is 0 Å². The summed E-state index contributed by atoms with van der Waals surface area (Å²) in [6.45, 7) is 3.53. The predicted molar refractivity (Wildman–Crippen MR) is 112 cm³/mol. The van der Waals surface area contributed by atoms with E-state index in [4.69, 9.17) is 5.11 Å². The smallest absolute Gasteiger partial charge is 0.305 e. The van der Waals surface area contributed by atoms with Crippen LogP contribution < -0.4 is 5.32 Å². The van der Waals surface area contributed by atoms with Gasteiger partial charge in [0.2, 0.25) is 0 Å². The quantitative estimate of drug-likeness (QED) is 0.287. The third-order valence-electron chi connectivity index (χ3n) is 6.22. The van der Waals surface area contributed by atoms with Crippen molar-refractivity contribution in [2.45, 2.75) is 108 Å². The van der Waals surface area contributed by atoms with Gasteiger partial charge in [0.05, 0.1) is 31.4 Å². The highest BCUT2D eigenvalue weighted by molar-refractivity contribution is 5.67. The Morgan fingerprint density at radius 1 is 1.17 bits per heavy atom. The number of carbonyl (C=O) groups is 1. The molecule has 6 atom stereocenters. The van der Waals surface area contributed by atoms with Crippen molar-refractivity contribution in [3.63, 3.8) is 0 Å². The summed E-state index contributed by atoms with van der Waals surface area (Å²) < 4.78 is 0. The first-order chi connectivity index (χ1) is 13.9. The number of hydrogen-bond donors (Lipinski definition) is 5. The van der Waals surface area contributed by atoms with Crippen LogP contribution in [0.15, 0.2) is 4.99 Å². The molecule has 2 heterocycles. The standard InChI is InChI=1S/C21H39N3O5/c1-15-20(27)13-19(24-11-10-22-14-24)18(23-15)9-8-16(25)6-4-2-3-5-7-17(26)12-21(28)29/h10,15-20,23,25-27H,2-9,11-14H2,1H3,(H,28,29)/t15-,16+,17+,18+,19-,20+/m0/s1. The molecular weight excluding hydrogens is 374 g/mol. The maximum atomic E-state index is 10.5. The summed E-state index contributed by atoms with van der Waals surface area (Å²) in [5, 5.41) is 42.3. The number of rotatable bonds is 13. The minimum absolute atomic E-state index is 0.0633. The molecule has 0 aromatic rings. The summed E-state index contributed by atoms with van der Waals surface area (Å²) in [4.78, 5) is 17.1. The van der Waals surface area contributed by atoms with Gasteiger partial charge in [-0.15, -0.1) is 0 Å². The van der Waals surface area contributed by atoms with E-state index >= 15 is 0 Å². The summed E-state index contributed by atoms with van der Waals surface area (Å²) >= 11 is 0. The van der Waals surface area contributed by atoms with Crippen molar-refractivity contribution in [1.29, 1.82) is 0 Å². The Bertz CT molecular complexity index is 511. The van der Waals surface area contributed by atoms with Crippen LogP contribution in [0.4, 0.5) is 0 Å². The van der Waals surface area contributed by atoms with Gasteiger partial charge in [-0.25, -0.2) is 0 Å². The van der Waals surface area contributed by atoms with Crippen LogP contribution in [-0.2, 0) is 4.79 Å². The highest BCUT2D eigenvalue weighted by Gasteiger charge is 2.37. The lowest BCUT2D eigenvalue weighted by Crippen LogP contribution is -2.61. The Morgan fingerprint density at radius 3 is 2.48 bits per heavy atom. The second kappa shape index (κ2) is 12.6. The minimum Gasteiger partial charge on any atom is -0.481 e. The first-order valence-electron chi connectivity index (χ1n) is 11.1. The summed E-state index contributed by atoms with van der Waals surface area (Å²) in [6, 6.07) is 0.557. The molecule has 168 valence electrons. The fraction of sp³-hybridized carbons (Fsp3) is 0.905. The van der Waals surface area contributed by atoms with Gasteiger partial charge in [-0.3, -0.25) is 14.7 Å². The van der Waals surface area contributed by atoms with E-state index in [1.54, 1.807) is 0 Å². The maximum absolute atomic E-state index is 10.5. The normalized spacial score (nSPS) is 29.8. The van der Waals surface area contributed by atoms with Gasteiger partial charge in [-0.05, 0) is 39.0 Å². The summed E-state index contributed by atoms with van der Waals surface area (Å²) in [5.41, 5.74) is 0. The molecular formula is C21H39N3O5. The Hall–Kier alpha value is -1.06. The molecule has 2 aliphatic rings. The van der Waals surface area contributed by atoms with E-state index in [0.717, 1.165) is 57.9 Å². The molecule has 1 saturated heterocycles. The molecule has 0 aromatic carbocycles. The van der Waals surface area contributed by atoms with Crippen molar-refractivity contribution in [1.82, 2.24) is 10.2 Å². The van der Waals surface area contributed by atoms with Gasteiger partial charge in [0, 0.05) is 30.9 Å². The predicted octanol–water partition coefficient (Wildman–Crippen LogP) is 1.13. The molecule has 0 unspecified atom stereocenters. The molecule has 2 rings (SSSR count). The van der Waals surface area contributed by atoms with Gasteiger partial charge in [0.1, 0.15) is 0 Å². The molecule has 0 amide bonds. The molecule has 0 saturated carbocycles. The average Bonchev–Trinajstić information content (AvgIpc) is 3.19. The fourth-order valence-corrected chi connectivity index (χ4v) is 4.41. The molecule has 5 N–H and O–H groups in total. The van der Waals surface area contributed by atoms with Gasteiger partial charge < -0.3 is 25.7 Å². The third-order valence-corrected chi connectivity index (χ3v) is 6.22. The molecule has 0 aromatic heterocycles. The lowest BCUT2D eigenvalue weighted by molar-refractivity contribution is -0.139. The first kappa shape index (κ1) is 24.2. The van der Waals surface area contributed by atoms with Crippen molar-refractivity contribution in [3.05, 3.63) is 0 Å². The average molecular weight is 414 g/mol. The van der Waals surface area contributed by atoms with Crippen LogP contribution in [0.2, 0.25) is 0 Å². The van der Waals surface area contributed by atoms with E-state index in [0.29, 0.717) is 13.1 Å². The van der Waals surface area contributed by atoms with Gasteiger partial charge in [-0.2, -0.15) is 0 Å². The zero-order valence-electron chi connectivity index (χ0n) is 17.6. The Labute approximate surface area is 174 Å². The molecule has 0 bridgehead atoms. The van der Waals surface area contributed by atoms with E-state index in [-0.39, 0.29) is 36.8 Å². The topological polar surface area (TPSA) is 126 Å². The van der Waals surface area contributed by atoms with Crippen molar-refractivity contribution in [2.24, 2.45) is 4.99 Å². The lowest BCUT2D eigenvalue weighted by atomic mass is 9.87. The number of aliphatic imine (C=N–C) groups is 1. The Morgan fingerprint density at radius 2 is 1.86 bits per heavy atom. The molecule has 0 spiro atoms. The molecule has 8 nitrogen and oxygen atoms in total. The Kier molecular flexibility index (Phi) is 10.5. The van der Waals surface area contributed by atoms with Crippen LogP contribution in [0.5, 0.6) is 0 Å². The number of aliphatic hydroxyl groups excluding tert-OH is 3. The highest BCUT2D eigenvalue weighted by atomic mass is 16.4. The largest absolute Gasteiger partial charge is 0.481 e. The van der Waals surface area contributed by atoms with Crippen LogP contribution in [0.1, 0.15) is 71.1 Å². The van der Waals surface area contributed by atoms with Crippen molar-refractivity contribution < 1.29 is 25.2 Å². The van der Waals surface area contributed by atoms with Crippen LogP contribution in [0, 0.1) is 0 Å². The van der Waals surface area contributed by atoms with E-state index in [2.05, 4.69) is 15.2 Å². The monoisotopic (exact) mass is 413 g/mol. The third kappa shape index (κ3) is 8.68.